The molecule has 2 aliphatic rings. The molecule has 1 heterocycles. The van der Waals surface area contributed by atoms with Crippen molar-refractivity contribution in [1.29, 1.82) is 0 Å². The lowest BCUT2D eigenvalue weighted by atomic mass is 9.71. The molecular formula is C17H22FNO2. The van der Waals surface area contributed by atoms with Gasteiger partial charge in [-0.1, -0.05) is 18.9 Å². The second-order valence-corrected chi connectivity index (χ2v) is 6.51. The van der Waals surface area contributed by atoms with Crippen molar-refractivity contribution in [3.8, 4) is 0 Å². The Bertz CT molecular complexity index is 560. The summed E-state index contributed by atoms with van der Waals surface area (Å²) in [5.41, 5.74) is 0.360. The number of amides is 1. The van der Waals surface area contributed by atoms with Crippen molar-refractivity contribution in [1.82, 2.24) is 4.90 Å². The quantitative estimate of drug-likeness (QED) is 0.864. The van der Waals surface area contributed by atoms with E-state index in [2.05, 4.69) is 0 Å². The number of rotatable bonds is 1. The fraction of sp³-hybridized carbons (Fsp3) is 0.588. The molecule has 4 heteroatoms. The van der Waals surface area contributed by atoms with Crippen molar-refractivity contribution in [3.05, 3.63) is 35.1 Å². The number of likely N-dealkylation sites (tertiary alicyclic amines) is 1. The lowest BCUT2D eigenvalue weighted by molar-refractivity contribution is -0.0886. The van der Waals surface area contributed by atoms with Crippen LogP contribution in [0.4, 0.5) is 4.39 Å². The molecule has 2 unspecified atom stereocenters. The number of aryl methyl sites for hydroxylation is 1. The molecule has 3 nitrogen and oxygen atoms in total. The van der Waals surface area contributed by atoms with E-state index in [-0.39, 0.29) is 17.6 Å². The molecule has 1 aliphatic heterocycles. The highest BCUT2D eigenvalue weighted by molar-refractivity contribution is 5.94. The van der Waals surface area contributed by atoms with Gasteiger partial charge in [0.05, 0.1) is 5.60 Å². The largest absolute Gasteiger partial charge is 0.389 e. The average Bonchev–Trinajstić information content (AvgIpc) is 2.48. The first-order valence-corrected chi connectivity index (χ1v) is 7.77. The average molecular weight is 291 g/mol. The first-order valence-electron chi connectivity index (χ1n) is 7.77. The maximum atomic E-state index is 13.6. The summed E-state index contributed by atoms with van der Waals surface area (Å²) in [6.45, 7) is 2.83. The van der Waals surface area contributed by atoms with E-state index in [1.54, 1.807) is 24.0 Å². The maximum absolute atomic E-state index is 13.6. The van der Waals surface area contributed by atoms with Crippen LogP contribution in [0.2, 0.25) is 0 Å². The molecule has 1 N–H and O–H groups in total. The van der Waals surface area contributed by atoms with Crippen LogP contribution in [-0.4, -0.2) is 34.6 Å². The minimum atomic E-state index is -0.590. The van der Waals surface area contributed by atoms with Gasteiger partial charge in [-0.15, -0.1) is 0 Å². The molecule has 1 aromatic rings. The van der Waals surface area contributed by atoms with Crippen LogP contribution in [0.1, 0.15) is 48.0 Å². The smallest absolute Gasteiger partial charge is 0.253 e. The standard InChI is InChI=1S/C17H22FNO2/c1-12-5-6-13(10-15(12)18)16(20)19-9-8-17(21)7-3-2-4-14(17)11-19/h5-6,10,14,21H,2-4,7-9,11H2,1H3. The van der Waals surface area contributed by atoms with Gasteiger partial charge in [-0.3, -0.25) is 4.79 Å². The summed E-state index contributed by atoms with van der Waals surface area (Å²) in [4.78, 5) is 14.3. The first-order chi connectivity index (χ1) is 9.99. The third kappa shape index (κ3) is 2.69. The van der Waals surface area contributed by atoms with Gasteiger partial charge >= 0.3 is 0 Å². The van der Waals surface area contributed by atoms with E-state index in [0.717, 1.165) is 25.7 Å². The van der Waals surface area contributed by atoms with Crippen LogP contribution in [-0.2, 0) is 0 Å². The summed E-state index contributed by atoms with van der Waals surface area (Å²) >= 11 is 0. The summed E-state index contributed by atoms with van der Waals surface area (Å²) in [5, 5.41) is 10.6. The molecule has 1 saturated carbocycles. The molecule has 1 amide bonds. The molecule has 2 fully saturated rings. The molecule has 114 valence electrons. The Morgan fingerprint density at radius 3 is 2.95 bits per heavy atom. The van der Waals surface area contributed by atoms with E-state index in [4.69, 9.17) is 0 Å². The highest BCUT2D eigenvalue weighted by atomic mass is 19.1. The number of carbonyl (C=O) groups is 1. The van der Waals surface area contributed by atoms with Crippen LogP contribution in [0.3, 0.4) is 0 Å². The van der Waals surface area contributed by atoms with Crippen LogP contribution >= 0.6 is 0 Å². The summed E-state index contributed by atoms with van der Waals surface area (Å²) in [5.74, 6) is -0.298. The van der Waals surface area contributed by atoms with Gasteiger partial charge in [-0.2, -0.15) is 0 Å². The third-order valence-corrected chi connectivity index (χ3v) is 5.13. The Labute approximate surface area is 124 Å². The molecule has 1 aliphatic carbocycles. The first kappa shape index (κ1) is 14.5. The van der Waals surface area contributed by atoms with Gasteiger partial charge in [0, 0.05) is 24.6 Å². The van der Waals surface area contributed by atoms with Crippen LogP contribution < -0.4 is 0 Å². The Morgan fingerprint density at radius 2 is 2.19 bits per heavy atom. The van der Waals surface area contributed by atoms with E-state index < -0.39 is 5.60 Å². The number of fused-ring (bicyclic) bond motifs is 1. The van der Waals surface area contributed by atoms with Crippen molar-refractivity contribution in [2.24, 2.45) is 5.92 Å². The minimum Gasteiger partial charge on any atom is -0.389 e. The predicted octanol–water partition coefficient (Wildman–Crippen LogP) is 2.90. The van der Waals surface area contributed by atoms with Gasteiger partial charge in [0.25, 0.3) is 5.91 Å². The number of benzene rings is 1. The Kier molecular flexibility index (Phi) is 3.74. The van der Waals surface area contributed by atoms with E-state index in [0.29, 0.717) is 30.6 Å². The highest BCUT2D eigenvalue weighted by Crippen LogP contribution is 2.40. The molecule has 1 aromatic carbocycles. The molecule has 3 rings (SSSR count). The molecule has 0 bridgehead atoms. The molecule has 0 aromatic heterocycles. The molecule has 21 heavy (non-hydrogen) atoms. The number of halogens is 1. The second kappa shape index (κ2) is 5.41. The van der Waals surface area contributed by atoms with Gasteiger partial charge in [-0.25, -0.2) is 4.39 Å². The lowest BCUT2D eigenvalue weighted by Crippen LogP contribution is -2.54. The Morgan fingerprint density at radius 1 is 1.38 bits per heavy atom. The van der Waals surface area contributed by atoms with Crippen LogP contribution in [0, 0.1) is 18.7 Å². The molecular weight excluding hydrogens is 269 g/mol. The zero-order chi connectivity index (χ0) is 15.0. The fourth-order valence-electron chi connectivity index (χ4n) is 3.66. The number of piperidine rings is 1. The number of hydrogen-bond donors (Lipinski definition) is 1. The van der Waals surface area contributed by atoms with Gasteiger partial charge in [0.1, 0.15) is 5.82 Å². The SMILES string of the molecule is Cc1ccc(C(=O)N2CCC3(O)CCCCC3C2)cc1F. The Hall–Kier alpha value is -1.42. The van der Waals surface area contributed by atoms with Crippen molar-refractivity contribution >= 4 is 5.91 Å². The normalized spacial score (nSPS) is 29.1. The van der Waals surface area contributed by atoms with Gasteiger partial charge in [0.15, 0.2) is 0 Å². The van der Waals surface area contributed by atoms with Gasteiger partial charge < -0.3 is 10.0 Å². The minimum absolute atomic E-state index is 0.124. The second-order valence-electron chi connectivity index (χ2n) is 6.51. The predicted molar refractivity (Wildman–Crippen MR) is 78.6 cm³/mol. The number of carbonyl (C=O) groups excluding carboxylic acids is 1. The van der Waals surface area contributed by atoms with Crippen molar-refractivity contribution in [2.45, 2.75) is 44.6 Å². The van der Waals surface area contributed by atoms with Crippen molar-refractivity contribution in [2.75, 3.05) is 13.1 Å². The fourth-order valence-corrected chi connectivity index (χ4v) is 3.66. The van der Waals surface area contributed by atoms with Crippen molar-refractivity contribution in [3.63, 3.8) is 0 Å². The lowest BCUT2D eigenvalue weighted by Gasteiger charge is -2.47. The maximum Gasteiger partial charge on any atom is 0.253 e. The van der Waals surface area contributed by atoms with Gasteiger partial charge in [-0.05, 0) is 43.9 Å². The zero-order valence-electron chi connectivity index (χ0n) is 12.4. The van der Waals surface area contributed by atoms with Gasteiger partial charge in [0.2, 0.25) is 0 Å². The van der Waals surface area contributed by atoms with E-state index in [1.165, 1.54) is 6.07 Å². The summed E-state index contributed by atoms with van der Waals surface area (Å²) in [6, 6.07) is 4.64. The summed E-state index contributed by atoms with van der Waals surface area (Å²) in [7, 11) is 0. The number of nitrogens with zero attached hydrogens (tertiary/aromatic N) is 1. The Balaban J connectivity index is 1.75. The number of aliphatic hydroxyl groups is 1. The highest BCUT2D eigenvalue weighted by Gasteiger charge is 2.43. The topological polar surface area (TPSA) is 40.5 Å². The van der Waals surface area contributed by atoms with E-state index >= 15 is 0 Å². The molecule has 0 spiro atoms. The third-order valence-electron chi connectivity index (χ3n) is 5.13. The monoisotopic (exact) mass is 291 g/mol. The zero-order valence-corrected chi connectivity index (χ0v) is 12.4. The molecule has 2 atom stereocenters. The van der Waals surface area contributed by atoms with E-state index in [9.17, 15) is 14.3 Å². The summed E-state index contributed by atoms with van der Waals surface area (Å²) in [6.07, 6.45) is 4.65. The van der Waals surface area contributed by atoms with Crippen LogP contribution in [0.5, 0.6) is 0 Å². The summed E-state index contributed by atoms with van der Waals surface area (Å²) < 4.78 is 13.6. The molecule has 1 saturated heterocycles. The molecule has 0 radical (unpaired) electrons. The van der Waals surface area contributed by atoms with Crippen LogP contribution in [0.25, 0.3) is 0 Å². The number of hydrogen-bond acceptors (Lipinski definition) is 2. The van der Waals surface area contributed by atoms with Crippen LogP contribution in [0.15, 0.2) is 18.2 Å². The van der Waals surface area contributed by atoms with Crippen molar-refractivity contribution < 1.29 is 14.3 Å². The van der Waals surface area contributed by atoms with E-state index in [1.807, 2.05) is 0 Å².